The lowest BCUT2D eigenvalue weighted by Crippen LogP contribution is -2.55. The Balaban J connectivity index is 2.00. The lowest BCUT2D eigenvalue weighted by atomic mass is 9.74. The second-order valence-corrected chi connectivity index (χ2v) is 8.33. The first-order valence-corrected chi connectivity index (χ1v) is 9.70. The highest BCUT2D eigenvalue weighted by atomic mass is 16.4. The van der Waals surface area contributed by atoms with Crippen molar-refractivity contribution in [2.45, 2.75) is 85.2 Å². The van der Waals surface area contributed by atoms with Gasteiger partial charge in [-0.25, -0.2) is 0 Å². The van der Waals surface area contributed by atoms with Crippen LogP contribution in [-0.2, 0) is 22.6 Å². The highest BCUT2D eigenvalue weighted by molar-refractivity contribution is 5.79. The third-order valence-corrected chi connectivity index (χ3v) is 5.60. The normalized spacial score (nSPS) is 23.2. The lowest BCUT2D eigenvalue weighted by molar-refractivity contribution is -0.146. The number of hydrogen-bond acceptors (Lipinski definition) is 3. The Kier molecular flexibility index (Phi) is 6.48. The standard InChI is InChI=1S/C20H33N3O3/c1-13(2)12-23-15(4)16(14(3)22-23)9-10-18(24)21-20(5)11-7-6-8-17(20)19(25)26/h13,17H,6-12H2,1-5H3,(H,21,24)(H,25,26). The number of nitrogens with one attached hydrogen (secondary N) is 1. The van der Waals surface area contributed by atoms with Gasteiger partial charge in [0.05, 0.1) is 17.2 Å². The molecule has 1 aliphatic carbocycles. The molecule has 2 unspecified atom stereocenters. The van der Waals surface area contributed by atoms with E-state index in [0.29, 0.717) is 25.2 Å². The molecule has 1 heterocycles. The fourth-order valence-corrected chi connectivity index (χ4v) is 4.12. The maximum absolute atomic E-state index is 12.5. The molecule has 2 N–H and O–H groups in total. The molecule has 0 radical (unpaired) electrons. The van der Waals surface area contributed by atoms with Crippen LogP contribution in [-0.4, -0.2) is 32.3 Å². The van der Waals surface area contributed by atoms with Crippen molar-refractivity contribution in [2.75, 3.05) is 0 Å². The zero-order chi connectivity index (χ0) is 19.5. The molecule has 0 saturated heterocycles. The van der Waals surface area contributed by atoms with Crippen LogP contribution in [0.3, 0.4) is 0 Å². The van der Waals surface area contributed by atoms with Gasteiger partial charge in [-0.05, 0) is 51.5 Å². The number of carbonyl (C=O) groups is 2. The van der Waals surface area contributed by atoms with E-state index in [2.05, 4.69) is 31.2 Å². The van der Waals surface area contributed by atoms with Gasteiger partial charge in [0.2, 0.25) is 5.91 Å². The fraction of sp³-hybridized carbons (Fsp3) is 0.750. The second kappa shape index (κ2) is 8.23. The number of rotatable bonds is 7. The monoisotopic (exact) mass is 363 g/mol. The van der Waals surface area contributed by atoms with Gasteiger partial charge in [-0.15, -0.1) is 0 Å². The van der Waals surface area contributed by atoms with E-state index in [-0.39, 0.29) is 5.91 Å². The maximum atomic E-state index is 12.5. The van der Waals surface area contributed by atoms with Gasteiger partial charge in [-0.1, -0.05) is 26.7 Å². The minimum Gasteiger partial charge on any atom is -0.481 e. The third-order valence-electron chi connectivity index (χ3n) is 5.60. The van der Waals surface area contributed by atoms with E-state index < -0.39 is 17.4 Å². The number of amides is 1. The summed E-state index contributed by atoms with van der Waals surface area (Å²) in [5, 5.41) is 17.1. The SMILES string of the molecule is Cc1nn(CC(C)C)c(C)c1CCC(=O)NC1(C)CCCCC1C(=O)O. The van der Waals surface area contributed by atoms with Gasteiger partial charge in [0.1, 0.15) is 0 Å². The summed E-state index contributed by atoms with van der Waals surface area (Å²) < 4.78 is 2.02. The van der Waals surface area contributed by atoms with E-state index >= 15 is 0 Å². The van der Waals surface area contributed by atoms with E-state index in [1.54, 1.807) is 0 Å². The van der Waals surface area contributed by atoms with E-state index in [1.807, 2.05) is 18.5 Å². The first-order valence-electron chi connectivity index (χ1n) is 9.70. The van der Waals surface area contributed by atoms with E-state index in [9.17, 15) is 14.7 Å². The molecular formula is C20H33N3O3. The maximum Gasteiger partial charge on any atom is 0.308 e. The topological polar surface area (TPSA) is 84.2 Å². The molecule has 26 heavy (non-hydrogen) atoms. The van der Waals surface area contributed by atoms with Crippen molar-refractivity contribution >= 4 is 11.9 Å². The molecule has 6 heteroatoms. The summed E-state index contributed by atoms with van der Waals surface area (Å²) in [6, 6.07) is 0. The van der Waals surface area contributed by atoms with Crippen molar-refractivity contribution in [2.24, 2.45) is 11.8 Å². The molecule has 1 aromatic heterocycles. The zero-order valence-electron chi connectivity index (χ0n) is 16.8. The van der Waals surface area contributed by atoms with Crippen LogP contribution >= 0.6 is 0 Å². The van der Waals surface area contributed by atoms with E-state index in [1.165, 1.54) is 0 Å². The Labute approximate surface area is 156 Å². The molecule has 1 amide bonds. The molecule has 6 nitrogen and oxygen atoms in total. The smallest absolute Gasteiger partial charge is 0.308 e. The molecule has 1 saturated carbocycles. The van der Waals surface area contributed by atoms with Gasteiger partial charge in [-0.2, -0.15) is 5.10 Å². The summed E-state index contributed by atoms with van der Waals surface area (Å²) in [6.07, 6.45) is 4.22. The molecule has 1 aromatic rings. The van der Waals surface area contributed by atoms with Crippen LogP contribution in [0.2, 0.25) is 0 Å². The van der Waals surface area contributed by atoms with Crippen LogP contribution in [0, 0.1) is 25.7 Å². The van der Waals surface area contributed by atoms with Crippen molar-refractivity contribution < 1.29 is 14.7 Å². The summed E-state index contributed by atoms with van der Waals surface area (Å²) in [5.41, 5.74) is 2.58. The van der Waals surface area contributed by atoms with Crippen molar-refractivity contribution in [1.29, 1.82) is 0 Å². The molecule has 0 spiro atoms. The summed E-state index contributed by atoms with van der Waals surface area (Å²) >= 11 is 0. The minimum atomic E-state index is -0.811. The molecule has 2 atom stereocenters. The Morgan fingerprint density at radius 1 is 1.35 bits per heavy atom. The quantitative estimate of drug-likeness (QED) is 0.779. The van der Waals surface area contributed by atoms with Crippen molar-refractivity contribution in [1.82, 2.24) is 15.1 Å². The number of carboxylic acid groups (broad SMARTS) is 1. The number of aryl methyl sites for hydroxylation is 1. The molecule has 0 aliphatic heterocycles. The van der Waals surface area contributed by atoms with Crippen LogP contribution in [0.15, 0.2) is 0 Å². The van der Waals surface area contributed by atoms with Gasteiger partial charge in [0.25, 0.3) is 0 Å². The zero-order valence-corrected chi connectivity index (χ0v) is 16.8. The van der Waals surface area contributed by atoms with Crippen molar-refractivity contribution in [3.63, 3.8) is 0 Å². The first-order chi connectivity index (χ1) is 12.1. The van der Waals surface area contributed by atoms with Gasteiger partial charge in [0, 0.05) is 18.7 Å². The highest BCUT2D eigenvalue weighted by Gasteiger charge is 2.42. The predicted octanol–water partition coefficient (Wildman–Crippen LogP) is 3.24. The van der Waals surface area contributed by atoms with Crippen LogP contribution in [0.1, 0.15) is 69.8 Å². The van der Waals surface area contributed by atoms with Gasteiger partial charge in [0.15, 0.2) is 0 Å². The third kappa shape index (κ3) is 4.65. The molecule has 146 valence electrons. The van der Waals surface area contributed by atoms with E-state index in [4.69, 9.17) is 0 Å². The lowest BCUT2D eigenvalue weighted by Gasteiger charge is -2.39. The Morgan fingerprint density at radius 2 is 2.04 bits per heavy atom. The van der Waals surface area contributed by atoms with Gasteiger partial charge < -0.3 is 10.4 Å². The Bertz CT molecular complexity index is 666. The number of aromatic nitrogens is 2. The summed E-state index contributed by atoms with van der Waals surface area (Å²) in [5.74, 6) is -0.869. The number of carboxylic acids is 1. The average Bonchev–Trinajstić information content (AvgIpc) is 2.78. The van der Waals surface area contributed by atoms with Crippen LogP contribution in [0.25, 0.3) is 0 Å². The predicted molar refractivity (Wildman–Crippen MR) is 101 cm³/mol. The molecule has 2 rings (SSSR count). The van der Waals surface area contributed by atoms with Crippen LogP contribution < -0.4 is 5.32 Å². The Hall–Kier alpha value is -1.85. The number of aliphatic carboxylic acids is 1. The second-order valence-electron chi connectivity index (χ2n) is 8.33. The first kappa shape index (κ1) is 20.5. The van der Waals surface area contributed by atoms with Gasteiger partial charge >= 0.3 is 5.97 Å². The summed E-state index contributed by atoms with van der Waals surface area (Å²) in [6.45, 7) is 11.1. The van der Waals surface area contributed by atoms with Crippen LogP contribution in [0.5, 0.6) is 0 Å². The minimum absolute atomic E-state index is 0.0731. The molecule has 0 bridgehead atoms. The molecule has 1 aliphatic rings. The highest BCUT2D eigenvalue weighted by Crippen LogP contribution is 2.34. The summed E-state index contributed by atoms with van der Waals surface area (Å²) in [7, 11) is 0. The largest absolute Gasteiger partial charge is 0.481 e. The van der Waals surface area contributed by atoms with Gasteiger partial charge in [-0.3, -0.25) is 14.3 Å². The fourth-order valence-electron chi connectivity index (χ4n) is 4.12. The molecule has 1 fully saturated rings. The number of hydrogen-bond donors (Lipinski definition) is 2. The molecular weight excluding hydrogens is 330 g/mol. The van der Waals surface area contributed by atoms with Crippen LogP contribution in [0.4, 0.5) is 0 Å². The average molecular weight is 364 g/mol. The number of nitrogens with zero attached hydrogens (tertiary/aromatic N) is 2. The number of carbonyl (C=O) groups excluding carboxylic acids is 1. The van der Waals surface area contributed by atoms with E-state index in [0.717, 1.165) is 42.8 Å². The molecule has 0 aromatic carbocycles. The summed E-state index contributed by atoms with van der Waals surface area (Å²) in [4.78, 5) is 24.1. The van der Waals surface area contributed by atoms with Crippen molar-refractivity contribution in [3.05, 3.63) is 17.0 Å². The Morgan fingerprint density at radius 3 is 2.65 bits per heavy atom. The van der Waals surface area contributed by atoms with Crippen molar-refractivity contribution in [3.8, 4) is 0 Å².